The number of nitrogens with two attached hydrogens (primary N) is 1. The number of nitriles is 1. The maximum absolute atomic E-state index is 14.6. The van der Waals surface area contributed by atoms with Gasteiger partial charge in [-0.1, -0.05) is 5.16 Å². The molecule has 1 aromatic rings. The lowest BCUT2D eigenvalue weighted by molar-refractivity contribution is -0.147. The number of hydrogen-bond donors (Lipinski definition) is 3. The number of nitrogens with one attached hydrogen (secondary N) is 2. The van der Waals surface area contributed by atoms with Crippen molar-refractivity contribution in [3.8, 4) is 6.07 Å². The van der Waals surface area contributed by atoms with Crippen LogP contribution in [-0.4, -0.2) is 41.2 Å². The van der Waals surface area contributed by atoms with Crippen LogP contribution in [0.3, 0.4) is 0 Å². The Balaban J connectivity index is 1.73. The highest BCUT2D eigenvalue weighted by atomic mass is 32.2. The molecule has 1 aromatic carbocycles. The van der Waals surface area contributed by atoms with Crippen LogP contribution in [0.4, 0.5) is 14.9 Å². The minimum Gasteiger partial charge on any atom is -0.444 e. The Kier molecular flexibility index (Phi) is 6.32. The Bertz CT molecular complexity index is 1040. The lowest BCUT2D eigenvalue weighted by Gasteiger charge is -2.22. The zero-order valence-electron chi connectivity index (χ0n) is 17.7. The molecule has 1 fully saturated rings. The van der Waals surface area contributed by atoms with Crippen LogP contribution < -0.4 is 16.4 Å². The van der Waals surface area contributed by atoms with E-state index < -0.39 is 46.7 Å². The molecule has 4 N–H and O–H groups in total. The van der Waals surface area contributed by atoms with Gasteiger partial charge < -0.3 is 25.9 Å². The van der Waals surface area contributed by atoms with E-state index in [2.05, 4.69) is 15.8 Å². The second-order valence-electron chi connectivity index (χ2n) is 8.38. The molecule has 0 aromatic heterocycles. The molecule has 1 atom stereocenters. The van der Waals surface area contributed by atoms with Crippen molar-refractivity contribution in [1.29, 1.82) is 5.26 Å². The first kappa shape index (κ1) is 23.3. The highest BCUT2D eigenvalue weighted by molar-refractivity contribution is 7.99. The fourth-order valence-electron chi connectivity index (χ4n) is 2.71. The van der Waals surface area contributed by atoms with Crippen molar-refractivity contribution >= 4 is 41.3 Å². The molecule has 12 heteroatoms. The number of alkyl carbamates (subject to hydrolysis) is 1. The highest BCUT2D eigenvalue weighted by Crippen LogP contribution is 2.46. The van der Waals surface area contributed by atoms with E-state index >= 15 is 0 Å². The predicted molar refractivity (Wildman–Crippen MR) is 113 cm³/mol. The fraction of sp³-hybridized carbons (Fsp3) is 0.450. The molecule has 3 rings (SSSR count). The van der Waals surface area contributed by atoms with E-state index in [1.54, 1.807) is 20.8 Å². The first-order valence-electron chi connectivity index (χ1n) is 9.67. The number of rotatable bonds is 4. The van der Waals surface area contributed by atoms with Crippen LogP contribution in [0, 0.1) is 22.6 Å². The minimum atomic E-state index is -1.21. The molecule has 170 valence electrons. The molecular formula is C20H22FN5O5S. The van der Waals surface area contributed by atoms with Gasteiger partial charge in [0, 0.05) is 10.6 Å². The second kappa shape index (κ2) is 8.66. The van der Waals surface area contributed by atoms with Gasteiger partial charge in [0.15, 0.2) is 11.3 Å². The molecule has 0 unspecified atom stereocenters. The van der Waals surface area contributed by atoms with Crippen LogP contribution in [0.1, 0.15) is 39.2 Å². The SMILES string of the molecule is CC(C)(C)OC(=O)N[C@H]1CSc2cc(F)c(/C(N)=N/OC(=O)C3(C#N)CC3)cc2NC1=O. The average Bonchev–Trinajstić information content (AvgIpc) is 3.51. The molecule has 1 aliphatic carbocycles. The summed E-state index contributed by atoms with van der Waals surface area (Å²) in [6.45, 7) is 5.09. The zero-order chi connectivity index (χ0) is 23.7. The second-order valence-corrected chi connectivity index (χ2v) is 9.44. The molecule has 2 amide bonds. The van der Waals surface area contributed by atoms with E-state index in [0.29, 0.717) is 17.7 Å². The molecule has 0 saturated heterocycles. The third-order valence-electron chi connectivity index (χ3n) is 4.60. The zero-order valence-corrected chi connectivity index (χ0v) is 18.5. The normalized spacial score (nSPS) is 19.5. The topological polar surface area (TPSA) is 156 Å². The first-order chi connectivity index (χ1) is 14.9. The van der Waals surface area contributed by atoms with Gasteiger partial charge >= 0.3 is 12.1 Å². The number of fused-ring (bicyclic) bond motifs is 1. The van der Waals surface area contributed by atoms with Crippen LogP contribution in [0.5, 0.6) is 0 Å². The van der Waals surface area contributed by atoms with Crippen molar-refractivity contribution in [2.75, 3.05) is 11.1 Å². The third kappa shape index (κ3) is 5.28. The summed E-state index contributed by atoms with van der Waals surface area (Å²) in [6, 6.07) is 3.37. The van der Waals surface area contributed by atoms with Gasteiger partial charge in [-0.3, -0.25) is 4.79 Å². The minimum absolute atomic E-state index is 0.147. The molecule has 32 heavy (non-hydrogen) atoms. The Morgan fingerprint density at radius 2 is 2.09 bits per heavy atom. The lowest BCUT2D eigenvalue weighted by atomic mass is 10.1. The molecule has 0 radical (unpaired) electrons. The Labute approximate surface area is 187 Å². The number of carbonyl (C=O) groups excluding carboxylic acids is 3. The van der Waals surface area contributed by atoms with Crippen LogP contribution in [0.25, 0.3) is 0 Å². The number of halogens is 1. The van der Waals surface area contributed by atoms with E-state index in [1.165, 1.54) is 6.07 Å². The summed E-state index contributed by atoms with van der Waals surface area (Å²) >= 11 is 1.15. The van der Waals surface area contributed by atoms with Crippen molar-refractivity contribution in [1.82, 2.24) is 5.32 Å². The van der Waals surface area contributed by atoms with Crippen LogP contribution in [-0.2, 0) is 19.2 Å². The Morgan fingerprint density at radius 3 is 2.69 bits per heavy atom. The predicted octanol–water partition coefficient (Wildman–Crippen LogP) is 2.23. The number of carbonyl (C=O) groups is 3. The maximum atomic E-state index is 14.6. The average molecular weight is 463 g/mol. The number of thioether (sulfide) groups is 1. The van der Waals surface area contributed by atoms with E-state index in [9.17, 15) is 18.8 Å². The van der Waals surface area contributed by atoms with Gasteiger partial charge in [-0.25, -0.2) is 14.0 Å². The van der Waals surface area contributed by atoms with Gasteiger partial charge in [-0.2, -0.15) is 5.26 Å². The number of ether oxygens (including phenoxy) is 1. The number of hydrogen-bond acceptors (Lipinski definition) is 8. The van der Waals surface area contributed by atoms with Gasteiger partial charge in [0.25, 0.3) is 0 Å². The Hall–Kier alpha value is -3.33. The van der Waals surface area contributed by atoms with E-state index in [0.717, 1.165) is 17.8 Å². The number of nitrogens with zero attached hydrogens (tertiary/aromatic N) is 2. The summed E-state index contributed by atoms with van der Waals surface area (Å²) in [4.78, 5) is 41.6. The molecule has 2 aliphatic rings. The Morgan fingerprint density at radius 1 is 1.41 bits per heavy atom. The molecule has 0 spiro atoms. The van der Waals surface area contributed by atoms with Crippen molar-refractivity contribution in [2.24, 2.45) is 16.3 Å². The molecule has 0 bridgehead atoms. The number of oxime groups is 1. The molecule has 1 saturated carbocycles. The van der Waals surface area contributed by atoms with Gasteiger partial charge in [0.1, 0.15) is 17.5 Å². The van der Waals surface area contributed by atoms with E-state index in [-0.39, 0.29) is 17.0 Å². The first-order valence-corrected chi connectivity index (χ1v) is 10.7. The van der Waals surface area contributed by atoms with Crippen molar-refractivity contribution in [3.63, 3.8) is 0 Å². The number of benzene rings is 1. The van der Waals surface area contributed by atoms with E-state index in [4.69, 9.17) is 20.6 Å². The quantitative estimate of drug-likeness (QED) is 0.266. The maximum Gasteiger partial charge on any atom is 0.408 e. The van der Waals surface area contributed by atoms with Crippen LogP contribution in [0.15, 0.2) is 22.2 Å². The smallest absolute Gasteiger partial charge is 0.408 e. The summed E-state index contributed by atoms with van der Waals surface area (Å²) in [5, 5.41) is 17.6. The summed E-state index contributed by atoms with van der Waals surface area (Å²) in [5.74, 6) is -2.40. The molecule has 1 aliphatic heterocycles. The summed E-state index contributed by atoms with van der Waals surface area (Å²) in [5.41, 5.74) is 3.88. The van der Waals surface area contributed by atoms with Crippen LogP contribution >= 0.6 is 11.8 Å². The summed E-state index contributed by atoms with van der Waals surface area (Å²) in [6.07, 6.45) is -0.0144. The highest BCUT2D eigenvalue weighted by Gasteiger charge is 2.53. The summed E-state index contributed by atoms with van der Waals surface area (Å²) in [7, 11) is 0. The molecular weight excluding hydrogens is 441 g/mol. The van der Waals surface area contributed by atoms with Gasteiger partial charge in [0.05, 0.1) is 17.3 Å². The monoisotopic (exact) mass is 463 g/mol. The van der Waals surface area contributed by atoms with Crippen molar-refractivity contribution in [3.05, 3.63) is 23.5 Å². The molecule has 1 heterocycles. The van der Waals surface area contributed by atoms with Gasteiger partial charge in [-0.05, 0) is 45.7 Å². The molecule has 10 nitrogen and oxygen atoms in total. The largest absolute Gasteiger partial charge is 0.444 e. The van der Waals surface area contributed by atoms with Gasteiger partial charge in [0.2, 0.25) is 5.91 Å². The van der Waals surface area contributed by atoms with Gasteiger partial charge in [-0.15, -0.1) is 11.8 Å². The number of amidine groups is 1. The van der Waals surface area contributed by atoms with Crippen molar-refractivity contribution < 1.29 is 28.3 Å². The van der Waals surface area contributed by atoms with Crippen LogP contribution in [0.2, 0.25) is 0 Å². The third-order valence-corrected chi connectivity index (χ3v) is 5.75. The fourth-order valence-corrected chi connectivity index (χ4v) is 3.74. The van der Waals surface area contributed by atoms with E-state index in [1.807, 2.05) is 6.07 Å². The summed E-state index contributed by atoms with van der Waals surface area (Å²) < 4.78 is 19.8. The number of amides is 2. The van der Waals surface area contributed by atoms with Crippen molar-refractivity contribution in [2.45, 2.75) is 50.2 Å². The standard InChI is InChI=1S/C20H22FN5O5S/c1-19(2,3)30-18(29)25-13-8-32-14-7-11(21)10(6-12(14)24-16(13)27)15(23)26-31-17(28)20(9-22)4-5-20/h6-7,13H,4-5,8H2,1-3H3,(H2,23,26)(H,24,27)(H,25,29)/t13-/m0/s1. The number of anilines is 1. The lowest BCUT2D eigenvalue weighted by Crippen LogP contribution is -2.46.